The Labute approximate surface area is 137 Å². The Morgan fingerprint density at radius 1 is 1.23 bits per heavy atom. The first-order valence-electron chi connectivity index (χ1n) is 8.33. The predicted octanol–water partition coefficient (Wildman–Crippen LogP) is 4.27. The number of phenolic OH excluding ortho intramolecular Hbond substituents is 1. The van der Waals surface area contributed by atoms with Crippen molar-refractivity contribution in [2.75, 3.05) is 13.1 Å². The van der Waals surface area contributed by atoms with E-state index in [9.17, 15) is 5.11 Å². The molecule has 1 aromatic carbocycles. The number of thiophene rings is 1. The summed E-state index contributed by atoms with van der Waals surface area (Å²) in [5, 5.41) is 11.9. The lowest BCUT2D eigenvalue weighted by Crippen LogP contribution is -2.41. The lowest BCUT2D eigenvalue weighted by atomic mass is 9.87. The van der Waals surface area contributed by atoms with E-state index in [1.54, 1.807) is 0 Å². The van der Waals surface area contributed by atoms with Crippen molar-refractivity contribution < 1.29 is 5.11 Å². The fourth-order valence-corrected chi connectivity index (χ4v) is 4.21. The SMILES string of the molecule is CCCN(CCc1cccs1)[C@H]1CCc2ccc(O)cc2C1. The van der Waals surface area contributed by atoms with E-state index >= 15 is 0 Å². The molecule has 1 aliphatic carbocycles. The topological polar surface area (TPSA) is 23.5 Å². The van der Waals surface area contributed by atoms with Crippen LogP contribution in [0.25, 0.3) is 0 Å². The molecule has 0 radical (unpaired) electrons. The average Bonchev–Trinajstić information content (AvgIpc) is 3.04. The number of hydrogen-bond donors (Lipinski definition) is 1. The smallest absolute Gasteiger partial charge is 0.115 e. The van der Waals surface area contributed by atoms with E-state index in [1.807, 2.05) is 23.5 Å². The summed E-state index contributed by atoms with van der Waals surface area (Å²) < 4.78 is 0. The number of benzene rings is 1. The van der Waals surface area contributed by atoms with Crippen molar-refractivity contribution in [2.45, 2.75) is 45.1 Å². The average molecular weight is 315 g/mol. The zero-order chi connectivity index (χ0) is 15.4. The lowest BCUT2D eigenvalue weighted by molar-refractivity contribution is 0.182. The van der Waals surface area contributed by atoms with Gasteiger partial charge in [0.15, 0.2) is 0 Å². The molecule has 0 aliphatic heterocycles. The first kappa shape index (κ1) is 15.6. The van der Waals surface area contributed by atoms with Crippen molar-refractivity contribution in [2.24, 2.45) is 0 Å². The Bertz CT molecular complexity index is 593. The van der Waals surface area contributed by atoms with Crippen LogP contribution in [0, 0.1) is 0 Å². The largest absolute Gasteiger partial charge is 0.508 e. The van der Waals surface area contributed by atoms with Crippen LogP contribution >= 0.6 is 11.3 Å². The zero-order valence-electron chi connectivity index (χ0n) is 13.3. The zero-order valence-corrected chi connectivity index (χ0v) is 14.1. The molecule has 0 unspecified atom stereocenters. The van der Waals surface area contributed by atoms with E-state index in [0.717, 1.165) is 25.8 Å². The maximum Gasteiger partial charge on any atom is 0.115 e. The van der Waals surface area contributed by atoms with Gasteiger partial charge in [0.1, 0.15) is 5.75 Å². The van der Waals surface area contributed by atoms with Crippen molar-refractivity contribution in [3.05, 3.63) is 51.7 Å². The molecular weight excluding hydrogens is 290 g/mol. The Hall–Kier alpha value is -1.32. The second kappa shape index (κ2) is 7.30. The summed E-state index contributed by atoms with van der Waals surface area (Å²) in [6.45, 7) is 4.58. The maximum atomic E-state index is 9.73. The third kappa shape index (κ3) is 3.71. The molecular formula is C19H25NOS. The van der Waals surface area contributed by atoms with Gasteiger partial charge >= 0.3 is 0 Å². The molecule has 2 nitrogen and oxygen atoms in total. The van der Waals surface area contributed by atoms with E-state index < -0.39 is 0 Å². The van der Waals surface area contributed by atoms with E-state index in [1.165, 1.54) is 35.4 Å². The number of aryl methyl sites for hydroxylation is 1. The standard InChI is InChI=1S/C19H25NOS/c1-2-10-20(11-9-19-4-3-12-22-19)17-7-5-15-6-8-18(21)14-16(15)13-17/h3-4,6,8,12,14,17,21H,2,5,7,9-11,13H2,1H3/t17-/m0/s1. The molecule has 1 heterocycles. The molecule has 0 amide bonds. The first-order valence-corrected chi connectivity index (χ1v) is 9.21. The van der Waals surface area contributed by atoms with Gasteiger partial charge in [-0.15, -0.1) is 11.3 Å². The van der Waals surface area contributed by atoms with E-state index in [0.29, 0.717) is 11.8 Å². The summed E-state index contributed by atoms with van der Waals surface area (Å²) in [4.78, 5) is 4.14. The molecule has 1 aromatic heterocycles. The van der Waals surface area contributed by atoms with Gasteiger partial charge in [0, 0.05) is 17.5 Å². The molecule has 0 saturated carbocycles. The molecule has 1 N–H and O–H groups in total. The third-order valence-electron chi connectivity index (χ3n) is 4.65. The summed E-state index contributed by atoms with van der Waals surface area (Å²) in [7, 11) is 0. The molecule has 0 bridgehead atoms. The summed E-state index contributed by atoms with van der Waals surface area (Å²) in [6.07, 6.45) is 5.81. The van der Waals surface area contributed by atoms with Gasteiger partial charge in [0.2, 0.25) is 0 Å². The number of rotatable bonds is 6. The third-order valence-corrected chi connectivity index (χ3v) is 5.58. The van der Waals surface area contributed by atoms with Crippen LogP contribution in [0.15, 0.2) is 35.7 Å². The van der Waals surface area contributed by atoms with Crippen molar-refractivity contribution in [3.8, 4) is 5.75 Å². The van der Waals surface area contributed by atoms with E-state index in [2.05, 4.69) is 35.4 Å². The molecule has 2 aromatic rings. The van der Waals surface area contributed by atoms with Gasteiger partial charge < -0.3 is 5.11 Å². The van der Waals surface area contributed by atoms with Crippen LogP contribution in [0.5, 0.6) is 5.75 Å². The fourth-order valence-electron chi connectivity index (χ4n) is 3.51. The van der Waals surface area contributed by atoms with Gasteiger partial charge in [0.25, 0.3) is 0 Å². The number of aromatic hydroxyl groups is 1. The number of fused-ring (bicyclic) bond motifs is 1. The Morgan fingerprint density at radius 2 is 2.14 bits per heavy atom. The highest BCUT2D eigenvalue weighted by Gasteiger charge is 2.24. The Morgan fingerprint density at radius 3 is 2.91 bits per heavy atom. The van der Waals surface area contributed by atoms with Gasteiger partial charge in [-0.2, -0.15) is 0 Å². The van der Waals surface area contributed by atoms with E-state index in [4.69, 9.17) is 0 Å². The summed E-state index contributed by atoms with van der Waals surface area (Å²) in [6, 6.07) is 10.9. The molecule has 3 rings (SSSR count). The number of nitrogens with zero attached hydrogens (tertiary/aromatic N) is 1. The maximum absolute atomic E-state index is 9.73. The van der Waals surface area contributed by atoms with Crippen LogP contribution in [0.3, 0.4) is 0 Å². The van der Waals surface area contributed by atoms with Crippen molar-refractivity contribution >= 4 is 11.3 Å². The summed E-state index contributed by atoms with van der Waals surface area (Å²) in [5.74, 6) is 0.403. The summed E-state index contributed by atoms with van der Waals surface area (Å²) >= 11 is 1.86. The highest BCUT2D eigenvalue weighted by molar-refractivity contribution is 7.09. The molecule has 3 heteroatoms. The summed E-state index contributed by atoms with van der Waals surface area (Å²) in [5.41, 5.74) is 2.76. The van der Waals surface area contributed by atoms with Gasteiger partial charge in [-0.1, -0.05) is 19.1 Å². The van der Waals surface area contributed by atoms with Crippen LogP contribution < -0.4 is 0 Å². The van der Waals surface area contributed by atoms with Crippen molar-refractivity contribution in [1.82, 2.24) is 4.90 Å². The van der Waals surface area contributed by atoms with E-state index in [-0.39, 0.29) is 0 Å². The van der Waals surface area contributed by atoms with Crippen molar-refractivity contribution in [3.63, 3.8) is 0 Å². The molecule has 0 saturated heterocycles. The Kier molecular flexibility index (Phi) is 5.16. The minimum absolute atomic E-state index is 0.403. The first-order chi connectivity index (χ1) is 10.8. The number of hydrogen-bond acceptors (Lipinski definition) is 3. The molecule has 1 aliphatic rings. The second-order valence-electron chi connectivity index (χ2n) is 6.21. The van der Waals surface area contributed by atoms with Gasteiger partial charge in [-0.25, -0.2) is 0 Å². The van der Waals surface area contributed by atoms with Crippen LogP contribution in [0.1, 0.15) is 35.8 Å². The minimum Gasteiger partial charge on any atom is -0.508 e. The van der Waals surface area contributed by atoms with Crippen LogP contribution in [-0.4, -0.2) is 29.1 Å². The van der Waals surface area contributed by atoms with Crippen LogP contribution in [0.4, 0.5) is 0 Å². The van der Waals surface area contributed by atoms with Gasteiger partial charge in [0.05, 0.1) is 0 Å². The normalized spacial score (nSPS) is 17.6. The lowest BCUT2D eigenvalue weighted by Gasteiger charge is -2.35. The quantitative estimate of drug-likeness (QED) is 0.860. The van der Waals surface area contributed by atoms with Gasteiger partial charge in [-0.3, -0.25) is 4.90 Å². The monoisotopic (exact) mass is 315 g/mol. The van der Waals surface area contributed by atoms with Crippen LogP contribution in [0.2, 0.25) is 0 Å². The molecule has 1 atom stereocenters. The minimum atomic E-state index is 0.403. The predicted molar refractivity (Wildman–Crippen MR) is 93.8 cm³/mol. The molecule has 0 spiro atoms. The van der Waals surface area contributed by atoms with Gasteiger partial charge in [-0.05, 0) is 73.4 Å². The molecule has 118 valence electrons. The highest BCUT2D eigenvalue weighted by atomic mass is 32.1. The van der Waals surface area contributed by atoms with Crippen LogP contribution in [-0.2, 0) is 19.3 Å². The number of phenols is 1. The molecule has 0 fully saturated rings. The Balaban J connectivity index is 1.66. The highest BCUT2D eigenvalue weighted by Crippen LogP contribution is 2.28. The van der Waals surface area contributed by atoms with Crippen molar-refractivity contribution in [1.29, 1.82) is 0 Å². The second-order valence-corrected chi connectivity index (χ2v) is 7.25. The molecule has 22 heavy (non-hydrogen) atoms. The fraction of sp³-hybridized carbons (Fsp3) is 0.474.